The highest BCUT2D eigenvalue weighted by Gasteiger charge is 2.22. The van der Waals surface area contributed by atoms with Gasteiger partial charge in [0.25, 0.3) is 0 Å². The molecule has 3 rings (SSSR count). The molecule has 1 aliphatic rings. The molecule has 6 heteroatoms. The molecule has 1 fully saturated rings. The Labute approximate surface area is 135 Å². The van der Waals surface area contributed by atoms with Crippen LogP contribution in [0.4, 0.5) is 5.82 Å². The second-order valence-corrected chi connectivity index (χ2v) is 6.97. The van der Waals surface area contributed by atoms with E-state index in [-0.39, 0.29) is 0 Å². The van der Waals surface area contributed by atoms with Gasteiger partial charge in [-0.2, -0.15) is 0 Å². The molecule has 1 atom stereocenters. The quantitative estimate of drug-likeness (QED) is 0.919. The molecule has 0 aliphatic carbocycles. The Morgan fingerprint density at radius 2 is 2.23 bits per heavy atom. The SMILES string of the molecule is CNc1nccnc1C[C@@H]1CCCN(Cc2csc(C)n2)C1. The molecule has 22 heavy (non-hydrogen) atoms. The molecule has 3 heterocycles. The third-order valence-corrected chi connectivity index (χ3v) is 4.97. The van der Waals surface area contributed by atoms with Crippen molar-refractivity contribution in [2.75, 3.05) is 25.5 Å². The highest BCUT2D eigenvalue weighted by atomic mass is 32.1. The van der Waals surface area contributed by atoms with E-state index >= 15 is 0 Å². The summed E-state index contributed by atoms with van der Waals surface area (Å²) in [5.74, 6) is 1.56. The Balaban J connectivity index is 1.60. The van der Waals surface area contributed by atoms with Gasteiger partial charge in [-0.15, -0.1) is 11.3 Å². The van der Waals surface area contributed by atoms with Gasteiger partial charge in [-0.25, -0.2) is 9.97 Å². The number of hydrogen-bond donors (Lipinski definition) is 1. The van der Waals surface area contributed by atoms with Crippen molar-refractivity contribution in [3.05, 3.63) is 34.2 Å². The first-order valence-electron chi connectivity index (χ1n) is 7.85. The van der Waals surface area contributed by atoms with Crippen LogP contribution in [0.5, 0.6) is 0 Å². The monoisotopic (exact) mass is 317 g/mol. The van der Waals surface area contributed by atoms with Crippen molar-refractivity contribution in [3.8, 4) is 0 Å². The maximum Gasteiger partial charge on any atom is 0.147 e. The Kier molecular flexibility index (Phi) is 5.00. The maximum absolute atomic E-state index is 4.59. The molecule has 0 bridgehead atoms. The van der Waals surface area contributed by atoms with Crippen molar-refractivity contribution < 1.29 is 0 Å². The second-order valence-electron chi connectivity index (χ2n) is 5.91. The Hall–Kier alpha value is -1.53. The lowest BCUT2D eigenvalue weighted by atomic mass is 9.93. The van der Waals surface area contributed by atoms with E-state index in [0.717, 1.165) is 36.0 Å². The van der Waals surface area contributed by atoms with E-state index in [9.17, 15) is 0 Å². The first-order chi connectivity index (χ1) is 10.7. The zero-order valence-corrected chi connectivity index (χ0v) is 14.1. The lowest BCUT2D eigenvalue weighted by Crippen LogP contribution is -2.36. The topological polar surface area (TPSA) is 53.9 Å². The van der Waals surface area contributed by atoms with Crippen LogP contribution in [0.25, 0.3) is 0 Å². The average Bonchev–Trinajstić information content (AvgIpc) is 2.93. The molecule has 0 aromatic carbocycles. The highest BCUT2D eigenvalue weighted by Crippen LogP contribution is 2.23. The summed E-state index contributed by atoms with van der Waals surface area (Å²) >= 11 is 1.74. The molecule has 0 amide bonds. The van der Waals surface area contributed by atoms with Gasteiger partial charge in [-0.1, -0.05) is 0 Å². The van der Waals surface area contributed by atoms with Gasteiger partial charge in [0.15, 0.2) is 0 Å². The van der Waals surface area contributed by atoms with Gasteiger partial charge in [0.2, 0.25) is 0 Å². The van der Waals surface area contributed by atoms with E-state index in [4.69, 9.17) is 0 Å². The van der Waals surface area contributed by atoms with Crippen LogP contribution < -0.4 is 5.32 Å². The van der Waals surface area contributed by atoms with Crippen LogP contribution >= 0.6 is 11.3 Å². The number of anilines is 1. The fourth-order valence-corrected chi connectivity index (χ4v) is 3.77. The molecule has 2 aromatic heterocycles. The van der Waals surface area contributed by atoms with Gasteiger partial charge in [-0.3, -0.25) is 9.88 Å². The minimum absolute atomic E-state index is 0.650. The lowest BCUT2D eigenvalue weighted by Gasteiger charge is -2.32. The van der Waals surface area contributed by atoms with Gasteiger partial charge in [-0.05, 0) is 38.6 Å². The van der Waals surface area contributed by atoms with E-state index in [1.165, 1.54) is 25.1 Å². The zero-order valence-electron chi connectivity index (χ0n) is 13.2. The average molecular weight is 317 g/mol. The van der Waals surface area contributed by atoms with Gasteiger partial charge in [0.05, 0.1) is 16.4 Å². The van der Waals surface area contributed by atoms with E-state index in [2.05, 4.69) is 37.5 Å². The summed E-state index contributed by atoms with van der Waals surface area (Å²) in [6, 6.07) is 0. The van der Waals surface area contributed by atoms with Crippen LogP contribution in [0.1, 0.15) is 29.2 Å². The summed E-state index contributed by atoms with van der Waals surface area (Å²) in [5, 5.41) is 6.48. The fraction of sp³-hybridized carbons (Fsp3) is 0.562. The van der Waals surface area contributed by atoms with Gasteiger partial charge >= 0.3 is 0 Å². The minimum atomic E-state index is 0.650. The fourth-order valence-electron chi connectivity index (χ4n) is 3.17. The molecule has 1 aliphatic heterocycles. The molecule has 1 N–H and O–H groups in total. The molecule has 0 radical (unpaired) electrons. The third-order valence-electron chi connectivity index (χ3n) is 4.15. The molecule has 0 spiro atoms. The Bertz CT molecular complexity index is 612. The van der Waals surface area contributed by atoms with Crippen molar-refractivity contribution >= 4 is 17.2 Å². The van der Waals surface area contributed by atoms with E-state index in [1.54, 1.807) is 23.7 Å². The van der Waals surface area contributed by atoms with Crippen LogP contribution in [0.3, 0.4) is 0 Å². The number of thiazole rings is 1. The first-order valence-corrected chi connectivity index (χ1v) is 8.73. The summed E-state index contributed by atoms with van der Waals surface area (Å²) in [5.41, 5.74) is 2.29. The van der Waals surface area contributed by atoms with Crippen molar-refractivity contribution in [1.29, 1.82) is 0 Å². The number of nitrogens with one attached hydrogen (secondary N) is 1. The minimum Gasteiger partial charge on any atom is -0.372 e. The number of likely N-dealkylation sites (tertiary alicyclic amines) is 1. The third kappa shape index (κ3) is 3.81. The first kappa shape index (κ1) is 15.4. The summed E-state index contributed by atoms with van der Waals surface area (Å²) < 4.78 is 0. The van der Waals surface area contributed by atoms with Crippen molar-refractivity contribution in [1.82, 2.24) is 19.9 Å². The van der Waals surface area contributed by atoms with Crippen LogP contribution in [0.2, 0.25) is 0 Å². The number of nitrogens with zero attached hydrogens (tertiary/aromatic N) is 4. The molecular weight excluding hydrogens is 294 g/mol. The van der Waals surface area contributed by atoms with E-state index in [1.807, 2.05) is 7.05 Å². The predicted molar refractivity (Wildman–Crippen MR) is 90.1 cm³/mol. The normalized spacial score (nSPS) is 19.3. The standard InChI is InChI=1S/C16H23N5S/c1-12-20-14(11-22-12)10-21-7-3-4-13(9-21)8-15-16(17-2)19-6-5-18-15/h5-6,11,13H,3-4,7-10H2,1-2H3,(H,17,19)/t13-/m0/s1. The van der Waals surface area contributed by atoms with Gasteiger partial charge in [0, 0.05) is 37.9 Å². The van der Waals surface area contributed by atoms with Crippen molar-refractivity contribution in [3.63, 3.8) is 0 Å². The number of hydrogen-bond acceptors (Lipinski definition) is 6. The molecule has 1 saturated heterocycles. The number of aromatic nitrogens is 3. The number of piperidine rings is 1. The van der Waals surface area contributed by atoms with Crippen LogP contribution in [-0.4, -0.2) is 40.0 Å². The summed E-state index contributed by atoms with van der Waals surface area (Å²) in [4.78, 5) is 16.0. The molecule has 0 saturated carbocycles. The van der Waals surface area contributed by atoms with Gasteiger partial charge in [0.1, 0.15) is 5.82 Å². The zero-order chi connectivity index (χ0) is 15.4. The Morgan fingerprint density at radius 3 is 3.00 bits per heavy atom. The predicted octanol–water partition coefficient (Wildman–Crippen LogP) is 2.74. The van der Waals surface area contributed by atoms with E-state index in [0.29, 0.717) is 5.92 Å². The summed E-state index contributed by atoms with van der Waals surface area (Å²) in [6.45, 7) is 5.34. The summed E-state index contributed by atoms with van der Waals surface area (Å²) in [6.07, 6.45) is 7.05. The molecular formula is C16H23N5S. The summed E-state index contributed by atoms with van der Waals surface area (Å²) in [7, 11) is 1.91. The number of aryl methyl sites for hydroxylation is 1. The van der Waals surface area contributed by atoms with Crippen LogP contribution in [0.15, 0.2) is 17.8 Å². The van der Waals surface area contributed by atoms with Crippen LogP contribution in [-0.2, 0) is 13.0 Å². The van der Waals surface area contributed by atoms with Crippen molar-refractivity contribution in [2.24, 2.45) is 5.92 Å². The highest BCUT2D eigenvalue weighted by molar-refractivity contribution is 7.09. The largest absolute Gasteiger partial charge is 0.372 e. The van der Waals surface area contributed by atoms with Gasteiger partial charge < -0.3 is 5.32 Å². The molecule has 0 unspecified atom stereocenters. The molecule has 5 nitrogen and oxygen atoms in total. The van der Waals surface area contributed by atoms with E-state index < -0.39 is 0 Å². The van der Waals surface area contributed by atoms with Crippen molar-refractivity contribution in [2.45, 2.75) is 32.7 Å². The molecule has 118 valence electrons. The lowest BCUT2D eigenvalue weighted by molar-refractivity contribution is 0.165. The second kappa shape index (κ2) is 7.15. The van der Waals surface area contributed by atoms with Crippen LogP contribution in [0, 0.1) is 12.8 Å². The number of rotatable bonds is 5. The Morgan fingerprint density at radius 1 is 1.36 bits per heavy atom. The maximum atomic E-state index is 4.59. The smallest absolute Gasteiger partial charge is 0.147 e. The molecule has 2 aromatic rings.